The maximum Gasteiger partial charge on any atom is 0.157 e. The Morgan fingerprint density at radius 2 is 1.50 bits per heavy atom. The molecule has 1 aromatic carbocycles. The standard InChI is InChI=1S/C21H32N6O3/c1-28-14-12-27(13-15-29-2)21-19(22)20(23-16-24-21)26-10-8-25(9-11-26)17-4-6-18(30-3)7-5-17/h4-7,16H,8-15,22H2,1-3H3. The smallest absolute Gasteiger partial charge is 0.157 e. The molecule has 0 bridgehead atoms. The van der Waals surface area contributed by atoms with Crippen molar-refractivity contribution >= 4 is 23.0 Å². The van der Waals surface area contributed by atoms with Crippen LogP contribution in [0.2, 0.25) is 0 Å². The van der Waals surface area contributed by atoms with E-state index in [-0.39, 0.29) is 0 Å². The van der Waals surface area contributed by atoms with Gasteiger partial charge in [0, 0.05) is 59.2 Å². The lowest BCUT2D eigenvalue weighted by atomic mass is 10.2. The van der Waals surface area contributed by atoms with Gasteiger partial charge in [-0.2, -0.15) is 0 Å². The molecule has 1 fully saturated rings. The van der Waals surface area contributed by atoms with Gasteiger partial charge in [0.2, 0.25) is 0 Å². The van der Waals surface area contributed by atoms with Gasteiger partial charge in [-0.25, -0.2) is 9.97 Å². The van der Waals surface area contributed by atoms with Crippen LogP contribution in [0.4, 0.5) is 23.0 Å². The lowest BCUT2D eigenvalue weighted by molar-refractivity contribution is 0.190. The molecule has 0 atom stereocenters. The number of piperazine rings is 1. The van der Waals surface area contributed by atoms with Gasteiger partial charge in [0.25, 0.3) is 0 Å². The van der Waals surface area contributed by atoms with Crippen molar-refractivity contribution in [2.24, 2.45) is 0 Å². The summed E-state index contributed by atoms with van der Waals surface area (Å²) in [5.74, 6) is 2.38. The maximum atomic E-state index is 6.52. The third-order valence-corrected chi connectivity index (χ3v) is 5.29. The number of aromatic nitrogens is 2. The molecule has 2 N–H and O–H groups in total. The van der Waals surface area contributed by atoms with Crippen molar-refractivity contribution in [1.82, 2.24) is 9.97 Å². The van der Waals surface area contributed by atoms with Crippen LogP contribution in [0.15, 0.2) is 30.6 Å². The molecule has 0 saturated carbocycles. The van der Waals surface area contributed by atoms with Crippen molar-refractivity contribution in [1.29, 1.82) is 0 Å². The molecule has 9 heteroatoms. The molecule has 1 saturated heterocycles. The molecule has 0 spiro atoms. The molecule has 1 aliphatic rings. The van der Waals surface area contributed by atoms with Crippen LogP contribution in [0.1, 0.15) is 0 Å². The van der Waals surface area contributed by atoms with Gasteiger partial charge in [-0.1, -0.05) is 0 Å². The first-order chi connectivity index (χ1) is 14.7. The van der Waals surface area contributed by atoms with E-state index in [0.717, 1.165) is 43.6 Å². The lowest BCUT2D eigenvalue weighted by Gasteiger charge is -2.37. The zero-order valence-corrected chi connectivity index (χ0v) is 18.1. The van der Waals surface area contributed by atoms with Crippen molar-refractivity contribution in [3.63, 3.8) is 0 Å². The van der Waals surface area contributed by atoms with Crippen LogP contribution < -0.4 is 25.2 Å². The van der Waals surface area contributed by atoms with E-state index in [1.54, 1.807) is 27.7 Å². The predicted octanol–water partition coefficient (Wildman–Crippen LogP) is 1.49. The number of nitrogen functional groups attached to an aromatic ring is 1. The van der Waals surface area contributed by atoms with E-state index in [2.05, 4.69) is 36.8 Å². The quantitative estimate of drug-likeness (QED) is 0.619. The number of rotatable bonds is 10. The molecule has 9 nitrogen and oxygen atoms in total. The van der Waals surface area contributed by atoms with Crippen LogP contribution in [0.3, 0.4) is 0 Å². The fourth-order valence-corrected chi connectivity index (χ4v) is 3.58. The van der Waals surface area contributed by atoms with Crippen LogP contribution in [-0.2, 0) is 9.47 Å². The van der Waals surface area contributed by atoms with E-state index in [0.29, 0.717) is 32.0 Å². The van der Waals surface area contributed by atoms with Gasteiger partial charge in [-0.3, -0.25) is 0 Å². The molecule has 1 aromatic heterocycles. The molecule has 164 valence electrons. The number of benzene rings is 1. The summed E-state index contributed by atoms with van der Waals surface area (Å²) in [6.45, 7) is 6.00. The number of anilines is 4. The summed E-state index contributed by atoms with van der Waals surface area (Å²) in [5.41, 5.74) is 8.31. The van der Waals surface area contributed by atoms with Crippen molar-refractivity contribution in [3.05, 3.63) is 30.6 Å². The molecule has 0 unspecified atom stereocenters. The van der Waals surface area contributed by atoms with Crippen molar-refractivity contribution in [3.8, 4) is 5.75 Å². The Bertz CT molecular complexity index is 773. The van der Waals surface area contributed by atoms with E-state index < -0.39 is 0 Å². The summed E-state index contributed by atoms with van der Waals surface area (Å²) < 4.78 is 15.7. The third-order valence-electron chi connectivity index (χ3n) is 5.29. The van der Waals surface area contributed by atoms with E-state index in [4.69, 9.17) is 19.9 Å². The summed E-state index contributed by atoms with van der Waals surface area (Å²) >= 11 is 0. The molecule has 0 aliphatic carbocycles. The minimum absolute atomic E-state index is 0.586. The van der Waals surface area contributed by atoms with Crippen LogP contribution in [0.25, 0.3) is 0 Å². The molecular weight excluding hydrogens is 384 g/mol. The SMILES string of the molecule is COCCN(CCOC)c1ncnc(N2CCN(c3ccc(OC)cc3)CC2)c1N. The molecule has 1 aliphatic heterocycles. The van der Waals surface area contributed by atoms with E-state index in [1.165, 1.54) is 5.69 Å². The fourth-order valence-electron chi connectivity index (χ4n) is 3.58. The van der Waals surface area contributed by atoms with Gasteiger partial charge in [0.1, 0.15) is 17.8 Å². The normalized spacial score (nSPS) is 14.1. The van der Waals surface area contributed by atoms with Crippen LogP contribution in [0.5, 0.6) is 5.75 Å². The first kappa shape index (κ1) is 21.9. The second kappa shape index (κ2) is 10.8. The third kappa shape index (κ3) is 5.22. The summed E-state index contributed by atoms with van der Waals surface area (Å²) in [6.07, 6.45) is 1.59. The van der Waals surface area contributed by atoms with Crippen LogP contribution in [0, 0.1) is 0 Å². The first-order valence-corrected chi connectivity index (χ1v) is 10.1. The van der Waals surface area contributed by atoms with Gasteiger partial charge in [-0.05, 0) is 24.3 Å². The zero-order valence-electron chi connectivity index (χ0n) is 18.1. The minimum atomic E-state index is 0.586. The van der Waals surface area contributed by atoms with E-state index in [9.17, 15) is 0 Å². The summed E-state index contributed by atoms with van der Waals surface area (Å²) in [6, 6.07) is 8.17. The Morgan fingerprint density at radius 3 is 2.07 bits per heavy atom. The Hall–Kier alpha value is -2.78. The van der Waals surface area contributed by atoms with Gasteiger partial charge in [0.15, 0.2) is 11.6 Å². The topological polar surface area (TPSA) is 89.2 Å². The number of nitrogens with zero attached hydrogens (tertiary/aromatic N) is 5. The van der Waals surface area contributed by atoms with Gasteiger partial charge >= 0.3 is 0 Å². The van der Waals surface area contributed by atoms with Crippen molar-refractivity contribution in [2.75, 3.05) is 94.2 Å². The number of hydrogen-bond acceptors (Lipinski definition) is 9. The van der Waals surface area contributed by atoms with Gasteiger partial charge in [-0.15, -0.1) is 0 Å². The predicted molar refractivity (Wildman–Crippen MR) is 120 cm³/mol. The molecule has 3 rings (SSSR count). The molecule has 2 heterocycles. The fraction of sp³-hybridized carbons (Fsp3) is 0.524. The molecule has 30 heavy (non-hydrogen) atoms. The second-order valence-corrected chi connectivity index (χ2v) is 7.08. The Morgan fingerprint density at radius 1 is 0.900 bits per heavy atom. The molecule has 0 radical (unpaired) electrons. The van der Waals surface area contributed by atoms with E-state index >= 15 is 0 Å². The van der Waals surface area contributed by atoms with Gasteiger partial charge < -0.3 is 34.6 Å². The zero-order chi connectivity index (χ0) is 21.3. The monoisotopic (exact) mass is 416 g/mol. The maximum absolute atomic E-state index is 6.52. The average molecular weight is 417 g/mol. The van der Waals surface area contributed by atoms with Gasteiger partial charge in [0.05, 0.1) is 20.3 Å². The minimum Gasteiger partial charge on any atom is -0.497 e. The molecule has 2 aromatic rings. The average Bonchev–Trinajstić information content (AvgIpc) is 2.80. The van der Waals surface area contributed by atoms with E-state index in [1.807, 2.05) is 12.1 Å². The van der Waals surface area contributed by atoms with Crippen LogP contribution >= 0.6 is 0 Å². The second-order valence-electron chi connectivity index (χ2n) is 7.08. The highest BCUT2D eigenvalue weighted by Gasteiger charge is 2.23. The number of methoxy groups -OCH3 is 3. The number of nitrogens with two attached hydrogens (primary N) is 1. The number of ether oxygens (including phenoxy) is 3. The molecular formula is C21H32N6O3. The number of hydrogen-bond donors (Lipinski definition) is 1. The molecule has 0 amide bonds. The first-order valence-electron chi connectivity index (χ1n) is 10.1. The summed E-state index contributed by atoms with van der Waals surface area (Å²) in [4.78, 5) is 15.6. The Labute approximate surface area is 178 Å². The highest BCUT2D eigenvalue weighted by atomic mass is 16.5. The Balaban J connectivity index is 1.69. The van der Waals surface area contributed by atoms with Crippen LogP contribution in [-0.4, -0.2) is 83.8 Å². The lowest BCUT2D eigenvalue weighted by Crippen LogP contribution is -2.47. The van der Waals surface area contributed by atoms with Crippen molar-refractivity contribution < 1.29 is 14.2 Å². The highest BCUT2D eigenvalue weighted by molar-refractivity contribution is 5.76. The highest BCUT2D eigenvalue weighted by Crippen LogP contribution is 2.30. The van der Waals surface area contributed by atoms with Crippen molar-refractivity contribution in [2.45, 2.75) is 0 Å². The largest absolute Gasteiger partial charge is 0.497 e. The summed E-state index contributed by atoms with van der Waals surface area (Å²) in [5, 5.41) is 0. The summed E-state index contributed by atoms with van der Waals surface area (Å²) in [7, 11) is 5.05. The Kier molecular flexibility index (Phi) is 7.92.